The van der Waals surface area contributed by atoms with Gasteiger partial charge in [0, 0.05) is 5.56 Å². The molecular formula is C15H13F4NO. The van der Waals surface area contributed by atoms with Gasteiger partial charge in [0.05, 0.1) is 18.7 Å². The normalized spacial score (nSPS) is 13.0. The molecule has 0 spiro atoms. The van der Waals surface area contributed by atoms with Crippen molar-refractivity contribution >= 4 is 0 Å². The van der Waals surface area contributed by atoms with Crippen molar-refractivity contribution in [3.05, 3.63) is 65.0 Å². The number of para-hydroxylation sites is 1. The summed E-state index contributed by atoms with van der Waals surface area (Å²) in [6, 6.07) is 8.70. The monoisotopic (exact) mass is 299 g/mol. The fraction of sp³-hybridized carbons (Fsp3) is 0.200. The van der Waals surface area contributed by atoms with Crippen LogP contribution >= 0.6 is 0 Å². The molecule has 0 saturated carbocycles. The zero-order valence-corrected chi connectivity index (χ0v) is 11.1. The molecular weight excluding hydrogens is 286 g/mol. The molecule has 2 N–H and O–H groups in total. The molecule has 2 aromatic carbocycles. The van der Waals surface area contributed by atoms with Crippen LogP contribution in [0.1, 0.15) is 22.7 Å². The quantitative estimate of drug-likeness (QED) is 0.872. The van der Waals surface area contributed by atoms with E-state index in [1.165, 1.54) is 13.2 Å². The van der Waals surface area contributed by atoms with Gasteiger partial charge in [0.15, 0.2) is 0 Å². The molecule has 112 valence electrons. The molecule has 2 rings (SSSR count). The molecule has 6 heteroatoms. The van der Waals surface area contributed by atoms with Gasteiger partial charge in [0.25, 0.3) is 0 Å². The molecule has 0 aliphatic heterocycles. The Balaban J connectivity index is 2.41. The predicted molar refractivity (Wildman–Crippen MR) is 70.4 cm³/mol. The van der Waals surface area contributed by atoms with E-state index in [0.717, 1.165) is 6.07 Å². The van der Waals surface area contributed by atoms with Crippen LogP contribution in [0, 0.1) is 5.82 Å². The highest BCUT2D eigenvalue weighted by atomic mass is 19.4. The van der Waals surface area contributed by atoms with E-state index in [1.54, 1.807) is 24.3 Å². The van der Waals surface area contributed by atoms with Crippen molar-refractivity contribution in [1.29, 1.82) is 0 Å². The summed E-state index contributed by atoms with van der Waals surface area (Å²) in [5.41, 5.74) is 5.50. The summed E-state index contributed by atoms with van der Waals surface area (Å²) >= 11 is 0. The third-order valence-corrected chi connectivity index (χ3v) is 3.13. The molecule has 0 bridgehead atoms. The third-order valence-electron chi connectivity index (χ3n) is 3.13. The lowest BCUT2D eigenvalue weighted by atomic mass is 9.97. The van der Waals surface area contributed by atoms with Crippen LogP contribution in [0.5, 0.6) is 5.75 Å². The first-order valence-electron chi connectivity index (χ1n) is 6.09. The van der Waals surface area contributed by atoms with Crippen molar-refractivity contribution in [3.63, 3.8) is 0 Å². The average Bonchev–Trinajstić information content (AvgIpc) is 2.45. The van der Waals surface area contributed by atoms with Gasteiger partial charge < -0.3 is 10.5 Å². The van der Waals surface area contributed by atoms with Gasteiger partial charge in [-0.3, -0.25) is 0 Å². The zero-order valence-electron chi connectivity index (χ0n) is 11.1. The Morgan fingerprint density at radius 3 is 2.33 bits per heavy atom. The van der Waals surface area contributed by atoms with Crippen LogP contribution in [0.3, 0.4) is 0 Å². The lowest BCUT2D eigenvalue weighted by Crippen LogP contribution is -2.15. The van der Waals surface area contributed by atoms with Gasteiger partial charge in [-0.15, -0.1) is 0 Å². The summed E-state index contributed by atoms with van der Waals surface area (Å²) in [4.78, 5) is 0. The molecule has 1 unspecified atom stereocenters. The van der Waals surface area contributed by atoms with Crippen molar-refractivity contribution in [2.24, 2.45) is 5.73 Å². The second kappa shape index (κ2) is 5.73. The number of hydrogen-bond donors (Lipinski definition) is 1. The van der Waals surface area contributed by atoms with E-state index < -0.39 is 23.6 Å². The SMILES string of the molecule is COc1ccccc1C(N)c1ccc(C(F)(F)F)c(F)c1. The Labute approximate surface area is 119 Å². The number of hydrogen-bond acceptors (Lipinski definition) is 2. The summed E-state index contributed by atoms with van der Waals surface area (Å²) in [6.45, 7) is 0. The van der Waals surface area contributed by atoms with Crippen molar-refractivity contribution in [2.45, 2.75) is 12.2 Å². The van der Waals surface area contributed by atoms with E-state index in [0.29, 0.717) is 17.4 Å². The second-order valence-electron chi connectivity index (χ2n) is 4.46. The van der Waals surface area contributed by atoms with Crippen LogP contribution in [0.2, 0.25) is 0 Å². The highest BCUT2D eigenvalue weighted by molar-refractivity contribution is 5.42. The fourth-order valence-electron chi connectivity index (χ4n) is 2.06. The third kappa shape index (κ3) is 3.16. The van der Waals surface area contributed by atoms with E-state index in [4.69, 9.17) is 10.5 Å². The minimum Gasteiger partial charge on any atom is -0.496 e. The van der Waals surface area contributed by atoms with Gasteiger partial charge in [-0.1, -0.05) is 24.3 Å². The molecule has 2 aromatic rings. The minimum atomic E-state index is -4.73. The van der Waals surface area contributed by atoms with E-state index in [2.05, 4.69) is 0 Å². The van der Waals surface area contributed by atoms with Gasteiger partial charge >= 0.3 is 6.18 Å². The number of alkyl halides is 3. The average molecular weight is 299 g/mol. The summed E-state index contributed by atoms with van der Waals surface area (Å²) in [5.74, 6) is -0.851. The molecule has 0 saturated heterocycles. The number of rotatable bonds is 3. The highest BCUT2D eigenvalue weighted by Crippen LogP contribution is 2.34. The highest BCUT2D eigenvalue weighted by Gasteiger charge is 2.34. The van der Waals surface area contributed by atoms with E-state index in [9.17, 15) is 17.6 Å². The standard InChI is InChI=1S/C15H13F4NO/c1-21-13-5-3-2-4-10(13)14(20)9-6-7-11(12(16)8-9)15(17,18)19/h2-8,14H,20H2,1H3. The minimum absolute atomic E-state index is 0.241. The smallest absolute Gasteiger partial charge is 0.419 e. The first kappa shape index (κ1) is 15.3. The van der Waals surface area contributed by atoms with Crippen molar-refractivity contribution in [2.75, 3.05) is 7.11 Å². The van der Waals surface area contributed by atoms with Crippen LogP contribution in [-0.2, 0) is 6.18 Å². The molecule has 1 atom stereocenters. The summed E-state index contributed by atoms with van der Waals surface area (Å²) in [6.07, 6.45) is -4.73. The maximum absolute atomic E-state index is 13.6. The Morgan fingerprint density at radius 2 is 1.76 bits per heavy atom. The van der Waals surface area contributed by atoms with Crippen LogP contribution in [0.15, 0.2) is 42.5 Å². The summed E-state index contributed by atoms with van der Waals surface area (Å²) < 4.78 is 56.3. The first-order chi connectivity index (χ1) is 9.84. The second-order valence-corrected chi connectivity index (χ2v) is 4.46. The van der Waals surface area contributed by atoms with E-state index >= 15 is 0 Å². The summed E-state index contributed by atoms with van der Waals surface area (Å²) in [7, 11) is 1.46. The topological polar surface area (TPSA) is 35.2 Å². The predicted octanol–water partition coefficient (Wildman–Crippen LogP) is 3.90. The van der Waals surface area contributed by atoms with Crippen LogP contribution in [-0.4, -0.2) is 7.11 Å². The first-order valence-corrected chi connectivity index (χ1v) is 6.09. The maximum atomic E-state index is 13.6. The molecule has 0 aliphatic carbocycles. The maximum Gasteiger partial charge on any atom is 0.419 e. The molecule has 0 amide bonds. The van der Waals surface area contributed by atoms with Gasteiger partial charge in [0.2, 0.25) is 0 Å². The van der Waals surface area contributed by atoms with Gasteiger partial charge in [-0.2, -0.15) is 13.2 Å². The lowest BCUT2D eigenvalue weighted by Gasteiger charge is -2.17. The van der Waals surface area contributed by atoms with Gasteiger partial charge in [-0.25, -0.2) is 4.39 Å². The summed E-state index contributed by atoms with van der Waals surface area (Å²) in [5, 5.41) is 0. The lowest BCUT2D eigenvalue weighted by molar-refractivity contribution is -0.140. The molecule has 0 radical (unpaired) electrons. The number of methoxy groups -OCH3 is 1. The number of halogens is 4. The number of benzene rings is 2. The molecule has 0 heterocycles. The van der Waals surface area contributed by atoms with Crippen molar-refractivity contribution in [1.82, 2.24) is 0 Å². The van der Waals surface area contributed by atoms with Crippen LogP contribution < -0.4 is 10.5 Å². The van der Waals surface area contributed by atoms with E-state index in [1.807, 2.05) is 0 Å². The number of nitrogens with two attached hydrogens (primary N) is 1. The fourth-order valence-corrected chi connectivity index (χ4v) is 2.06. The molecule has 0 fully saturated rings. The Hall–Kier alpha value is -2.08. The Morgan fingerprint density at radius 1 is 1.10 bits per heavy atom. The Kier molecular flexibility index (Phi) is 4.18. The van der Waals surface area contributed by atoms with Gasteiger partial charge in [-0.05, 0) is 23.8 Å². The molecule has 0 aromatic heterocycles. The van der Waals surface area contributed by atoms with Crippen LogP contribution in [0.4, 0.5) is 17.6 Å². The Bertz CT molecular complexity index is 640. The molecule has 2 nitrogen and oxygen atoms in total. The molecule has 21 heavy (non-hydrogen) atoms. The van der Waals surface area contributed by atoms with Gasteiger partial charge in [0.1, 0.15) is 11.6 Å². The number of ether oxygens (including phenoxy) is 1. The molecule has 0 aliphatic rings. The zero-order chi connectivity index (χ0) is 15.6. The van der Waals surface area contributed by atoms with Crippen molar-refractivity contribution in [3.8, 4) is 5.75 Å². The largest absolute Gasteiger partial charge is 0.496 e. The van der Waals surface area contributed by atoms with Crippen molar-refractivity contribution < 1.29 is 22.3 Å². The van der Waals surface area contributed by atoms with Crippen LogP contribution in [0.25, 0.3) is 0 Å². The van der Waals surface area contributed by atoms with E-state index in [-0.39, 0.29) is 5.56 Å².